The van der Waals surface area contributed by atoms with Crippen molar-refractivity contribution in [1.29, 1.82) is 0 Å². The van der Waals surface area contributed by atoms with Gasteiger partial charge in [0, 0.05) is 5.92 Å². The lowest BCUT2D eigenvalue weighted by molar-refractivity contribution is -0.139. The number of benzene rings is 1. The van der Waals surface area contributed by atoms with Gasteiger partial charge in [0.1, 0.15) is 5.56 Å². The second-order valence-corrected chi connectivity index (χ2v) is 7.66. The largest absolute Gasteiger partial charge is 0.421 e. The van der Waals surface area contributed by atoms with Crippen molar-refractivity contribution in [3.63, 3.8) is 0 Å². The summed E-state index contributed by atoms with van der Waals surface area (Å²) in [6, 6.07) is 8.47. The third kappa shape index (κ3) is 3.94. The van der Waals surface area contributed by atoms with E-state index in [1.165, 1.54) is 0 Å². The summed E-state index contributed by atoms with van der Waals surface area (Å²) in [5, 5.41) is 4.18. The zero-order valence-corrected chi connectivity index (χ0v) is 14.5. The van der Waals surface area contributed by atoms with Crippen LogP contribution in [0.25, 0.3) is 0 Å². The van der Waals surface area contributed by atoms with Crippen LogP contribution in [0, 0.1) is 0 Å². The van der Waals surface area contributed by atoms with Gasteiger partial charge >= 0.3 is 6.18 Å². The maximum absolute atomic E-state index is 13.2. The maximum atomic E-state index is 13.2. The van der Waals surface area contributed by atoms with Gasteiger partial charge in [0.15, 0.2) is 0 Å². The van der Waals surface area contributed by atoms with Gasteiger partial charge in [-0.3, -0.25) is 4.79 Å². The SMILES string of the molecule is CC(C)(C)c1ccc(Cn2nc(C3CC3)cc(C(F)(F)F)c2=O)cc1. The molecule has 1 aromatic heterocycles. The number of hydrogen-bond donors (Lipinski definition) is 0. The van der Waals surface area contributed by atoms with Crippen LogP contribution >= 0.6 is 0 Å². The van der Waals surface area contributed by atoms with E-state index in [1.54, 1.807) is 0 Å². The molecule has 0 bridgehead atoms. The molecule has 0 unspecified atom stereocenters. The number of alkyl halides is 3. The van der Waals surface area contributed by atoms with Crippen LogP contribution in [0.1, 0.15) is 61.9 Å². The Morgan fingerprint density at radius 2 is 1.72 bits per heavy atom. The molecule has 0 radical (unpaired) electrons. The Bertz CT molecular complexity index is 826. The summed E-state index contributed by atoms with van der Waals surface area (Å²) in [6.07, 6.45) is -3.02. The molecular weight excluding hydrogens is 329 g/mol. The van der Waals surface area contributed by atoms with Crippen LogP contribution in [0.5, 0.6) is 0 Å². The first-order valence-corrected chi connectivity index (χ1v) is 8.34. The summed E-state index contributed by atoms with van der Waals surface area (Å²) in [6.45, 7) is 6.29. The summed E-state index contributed by atoms with van der Waals surface area (Å²) in [7, 11) is 0. The number of halogens is 3. The van der Waals surface area contributed by atoms with E-state index < -0.39 is 17.3 Å². The molecule has 0 aliphatic heterocycles. The first-order valence-electron chi connectivity index (χ1n) is 8.34. The number of nitrogens with zero attached hydrogens (tertiary/aromatic N) is 2. The lowest BCUT2D eigenvalue weighted by Gasteiger charge is -2.19. The highest BCUT2D eigenvalue weighted by Crippen LogP contribution is 2.40. The normalized spacial score (nSPS) is 15.4. The number of rotatable bonds is 3. The fourth-order valence-electron chi connectivity index (χ4n) is 2.73. The number of aromatic nitrogens is 2. The molecule has 2 aromatic rings. The molecule has 0 saturated heterocycles. The smallest absolute Gasteiger partial charge is 0.267 e. The predicted molar refractivity (Wildman–Crippen MR) is 89.7 cm³/mol. The molecule has 1 aromatic carbocycles. The van der Waals surface area contributed by atoms with Crippen LogP contribution in [-0.4, -0.2) is 9.78 Å². The summed E-state index contributed by atoms with van der Waals surface area (Å²) in [5.74, 6) is 0.0382. The molecule has 3 nitrogen and oxygen atoms in total. The molecular formula is C19H21F3N2O. The summed E-state index contributed by atoms with van der Waals surface area (Å²) in [4.78, 5) is 12.2. The highest BCUT2D eigenvalue weighted by molar-refractivity contribution is 5.28. The molecule has 6 heteroatoms. The van der Waals surface area contributed by atoms with Gasteiger partial charge in [-0.2, -0.15) is 18.3 Å². The van der Waals surface area contributed by atoms with E-state index in [-0.39, 0.29) is 17.9 Å². The summed E-state index contributed by atoms with van der Waals surface area (Å²) in [5.41, 5.74) is 0.0110. The standard InChI is InChI=1S/C19H21F3N2O/c1-18(2,3)14-8-4-12(5-9-14)11-24-17(25)15(19(20,21)22)10-16(23-24)13-6-7-13/h4-5,8-10,13H,6-7,11H2,1-3H3. The minimum atomic E-state index is -4.67. The van der Waals surface area contributed by atoms with E-state index in [0.29, 0.717) is 5.69 Å². The second-order valence-electron chi connectivity index (χ2n) is 7.66. The third-order valence-corrected chi connectivity index (χ3v) is 4.45. The highest BCUT2D eigenvalue weighted by Gasteiger charge is 2.37. The Hall–Kier alpha value is -2.11. The fourth-order valence-corrected chi connectivity index (χ4v) is 2.73. The van der Waals surface area contributed by atoms with E-state index in [9.17, 15) is 18.0 Å². The van der Waals surface area contributed by atoms with Gasteiger partial charge < -0.3 is 0 Å². The van der Waals surface area contributed by atoms with Crippen LogP contribution in [0.3, 0.4) is 0 Å². The highest BCUT2D eigenvalue weighted by atomic mass is 19.4. The van der Waals surface area contributed by atoms with Gasteiger partial charge in [-0.15, -0.1) is 0 Å². The summed E-state index contributed by atoms with van der Waals surface area (Å²) < 4.78 is 40.5. The van der Waals surface area contributed by atoms with E-state index in [2.05, 4.69) is 25.9 Å². The van der Waals surface area contributed by atoms with Gasteiger partial charge in [0.2, 0.25) is 0 Å². The Labute approximate surface area is 144 Å². The van der Waals surface area contributed by atoms with Crippen molar-refractivity contribution in [2.24, 2.45) is 0 Å². The van der Waals surface area contributed by atoms with Gasteiger partial charge in [0.05, 0.1) is 12.2 Å². The Balaban J connectivity index is 1.96. The third-order valence-electron chi connectivity index (χ3n) is 4.45. The van der Waals surface area contributed by atoms with Crippen molar-refractivity contribution >= 4 is 0 Å². The van der Waals surface area contributed by atoms with Gasteiger partial charge in [-0.1, -0.05) is 45.0 Å². The first kappa shape index (κ1) is 17.7. The molecule has 3 rings (SSSR count). The Kier molecular flexibility index (Phi) is 4.25. The molecule has 1 fully saturated rings. The van der Waals surface area contributed by atoms with Gasteiger partial charge in [0.25, 0.3) is 5.56 Å². The second kappa shape index (κ2) is 6.00. The van der Waals surface area contributed by atoms with Crippen LogP contribution in [0.15, 0.2) is 35.1 Å². The molecule has 0 N–H and O–H groups in total. The van der Waals surface area contributed by atoms with E-state index in [0.717, 1.165) is 34.7 Å². The lowest BCUT2D eigenvalue weighted by atomic mass is 9.87. The topological polar surface area (TPSA) is 34.9 Å². The van der Waals surface area contributed by atoms with E-state index in [1.807, 2.05) is 24.3 Å². The Morgan fingerprint density at radius 3 is 2.20 bits per heavy atom. The van der Waals surface area contributed by atoms with Crippen LogP contribution in [-0.2, 0) is 18.1 Å². The molecule has 1 aliphatic rings. The van der Waals surface area contributed by atoms with Crippen LogP contribution < -0.4 is 5.56 Å². The minimum absolute atomic E-state index is 0.0110. The van der Waals surface area contributed by atoms with E-state index >= 15 is 0 Å². The first-order chi connectivity index (χ1) is 11.6. The molecule has 0 amide bonds. The van der Waals surface area contributed by atoms with Crippen molar-refractivity contribution in [3.05, 3.63) is 63.1 Å². The van der Waals surface area contributed by atoms with Crippen molar-refractivity contribution in [2.45, 2.75) is 57.7 Å². The summed E-state index contributed by atoms with van der Waals surface area (Å²) >= 11 is 0. The zero-order chi connectivity index (χ0) is 18.4. The molecule has 1 saturated carbocycles. The van der Waals surface area contributed by atoms with Crippen molar-refractivity contribution < 1.29 is 13.2 Å². The monoisotopic (exact) mass is 350 g/mol. The molecule has 0 atom stereocenters. The maximum Gasteiger partial charge on any atom is 0.421 e. The Morgan fingerprint density at radius 1 is 1.12 bits per heavy atom. The predicted octanol–water partition coefficient (Wildman–Crippen LogP) is 4.49. The quantitative estimate of drug-likeness (QED) is 0.818. The van der Waals surface area contributed by atoms with Gasteiger partial charge in [-0.25, -0.2) is 4.68 Å². The van der Waals surface area contributed by atoms with Crippen LogP contribution in [0.4, 0.5) is 13.2 Å². The minimum Gasteiger partial charge on any atom is -0.267 e. The molecule has 1 aliphatic carbocycles. The van der Waals surface area contributed by atoms with Crippen molar-refractivity contribution in [2.75, 3.05) is 0 Å². The molecule has 1 heterocycles. The molecule has 134 valence electrons. The lowest BCUT2D eigenvalue weighted by Crippen LogP contribution is -2.31. The molecule has 25 heavy (non-hydrogen) atoms. The average molecular weight is 350 g/mol. The van der Waals surface area contributed by atoms with E-state index in [4.69, 9.17) is 0 Å². The van der Waals surface area contributed by atoms with Crippen LogP contribution in [0.2, 0.25) is 0 Å². The van der Waals surface area contributed by atoms with Crippen molar-refractivity contribution in [3.8, 4) is 0 Å². The average Bonchev–Trinajstić information content (AvgIpc) is 3.32. The van der Waals surface area contributed by atoms with Crippen molar-refractivity contribution in [1.82, 2.24) is 9.78 Å². The molecule has 0 spiro atoms. The zero-order valence-electron chi connectivity index (χ0n) is 14.5. The number of hydrogen-bond acceptors (Lipinski definition) is 2. The fraction of sp³-hybridized carbons (Fsp3) is 0.474. The van der Waals surface area contributed by atoms with Gasteiger partial charge in [-0.05, 0) is 35.4 Å².